The molecule has 0 rings (SSSR count). The second kappa shape index (κ2) is 2.21. The number of hydrogen-bond donors (Lipinski definition) is 1. The molecular weight excluding hydrogens is 64.0 g/mol. The zero-order valence-electron chi connectivity index (χ0n) is 6.45. The van der Waals surface area contributed by atoms with Crippen LogP contribution in [0, 0.1) is 5.89 Å². The molecule has 1 heteroatoms. The van der Waals surface area contributed by atoms with Crippen molar-refractivity contribution in [2.24, 2.45) is 5.89 Å². The van der Waals surface area contributed by atoms with Gasteiger partial charge >= 0.3 is 0 Å². The largest absolute Gasteiger partial charge is 0.396 e. The van der Waals surface area contributed by atoms with Gasteiger partial charge in [0.1, 0.15) is 0 Å². The third-order valence-corrected chi connectivity index (χ3v) is 0.224. The van der Waals surface area contributed by atoms with E-state index >= 15 is 0 Å². The summed E-state index contributed by atoms with van der Waals surface area (Å²) in [6.07, 6.45) is 0. The zero-order valence-corrected chi connectivity index (χ0v) is 3.45. The molecule has 0 heterocycles. The van der Waals surface area contributed by atoms with Gasteiger partial charge in [-0.2, -0.15) is 0 Å². The van der Waals surface area contributed by atoms with Crippen LogP contribution in [0.4, 0.5) is 0 Å². The fraction of sp³-hybridized carbons (Fsp3) is 1.00. The smallest absolute Gasteiger partial charge is 0.0566 e. The highest BCUT2D eigenvalue weighted by molar-refractivity contribution is 4.32. The van der Waals surface area contributed by atoms with Crippen molar-refractivity contribution in [2.45, 2.75) is 13.8 Å². The minimum atomic E-state index is -2.40. The predicted octanol–water partition coefficient (Wildman–Crippen LogP) is 0.635. The van der Waals surface area contributed by atoms with Crippen molar-refractivity contribution in [3.63, 3.8) is 0 Å². The molecule has 0 aliphatic rings. The van der Waals surface area contributed by atoms with Crippen LogP contribution in [0.15, 0.2) is 0 Å². The summed E-state index contributed by atoms with van der Waals surface area (Å²) in [7, 11) is 0. The Morgan fingerprint density at radius 1 is 2.20 bits per heavy atom. The molecule has 0 atom stereocenters. The summed E-state index contributed by atoms with van der Waals surface area (Å²) in [6.45, 7) is 0.229. The summed E-state index contributed by atoms with van der Waals surface area (Å²) in [4.78, 5) is 0. The SMILES string of the molecule is [2H]C(C)(C)C([2H])([2H])O. The van der Waals surface area contributed by atoms with Gasteiger partial charge < -0.3 is 5.11 Å². The van der Waals surface area contributed by atoms with Crippen molar-refractivity contribution >= 4 is 0 Å². The van der Waals surface area contributed by atoms with Crippen LogP contribution in [0.25, 0.3) is 0 Å². The average Bonchev–Trinajstić information content (AvgIpc) is 1.25. The van der Waals surface area contributed by atoms with Crippen molar-refractivity contribution in [1.82, 2.24) is 0 Å². The molecule has 0 unspecified atom stereocenters. The number of aliphatic hydroxyl groups is 1. The van der Waals surface area contributed by atoms with E-state index in [9.17, 15) is 0 Å². The molecule has 0 radical (unpaired) electrons. The summed E-state index contributed by atoms with van der Waals surface area (Å²) < 4.78 is 20.2. The van der Waals surface area contributed by atoms with E-state index in [2.05, 4.69) is 0 Å². The van der Waals surface area contributed by atoms with E-state index in [0.717, 1.165) is 0 Å². The normalized spacial score (nSPS) is 23.4. The van der Waals surface area contributed by atoms with Gasteiger partial charge in [-0.25, -0.2) is 0 Å². The molecule has 0 aliphatic carbocycles. The molecular formula is C4H10O. The van der Waals surface area contributed by atoms with E-state index in [0.29, 0.717) is 0 Å². The Kier molecular flexibility index (Phi) is 0.711. The molecule has 32 valence electrons. The lowest BCUT2D eigenvalue weighted by molar-refractivity contribution is 0.248. The maximum Gasteiger partial charge on any atom is 0.0566 e. The molecule has 1 N–H and O–H groups in total. The highest BCUT2D eigenvalue weighted by Crippen LogP contribution is 1.83. The molecule has 0 saturated carbocycles. The van der Waals surface area contributed by atoms with Gasteiger partial charge in [-0.3, -0.25) is 0 Å². The van der Waals surface area contributed by atoms with Crippen LogP contribution < -0.4 is 0 Å². The minimum absolute atomic E-state index is 1.31. The van der Waals surface area contributed by atoms with E-state index in [1.54, 1.807) is 0 Å². The quantitative estimate of drug-likeness (QED) is 0.487. The highest BCUT2D eigenvalue weighted by atomic mass is 16.3. The Labute approximate surface area is 36.8 Å². The lowest BCUT2D eigenvalue weighted by Gasteiger charge is -1.90. The first kappa shape index (κ1) is 1.61. The van der Waals surface area contributed by atoms with E-state index in [1.165, 1.54) is 13.8 Å². The van der Waals surface area contributed by atoms with Gasteiger partial charge in [-0.15, -0.1) is 0 Å². The summed E-state index contributed by atoms with van der Waals surface area (Å²) in [5, 5.41) is 8.50. The lowest BCUT2D eigenvalue weighted by Crippen LogP contribution is -1.90. The van der Waals surface area contributed by atoms with Gasteiger partial charge in [-0.05, 0) is 5.89 Å². The average molecular weight is 77.1 g/mol. The fourth-order valence-electron chi connectivity index (χ4n) is 0. The van der Waals surface area contributed by atoms with Gasteiger partial charge in [0, 0.05) is 7.93 Å². The van der Waals surface area contributed by atoms with E-state index in [4.69, 9.17) is 9.22 Å². The van der Waals surface area contributed by atoms with Crippen molar-refractivity contribution in [3.8, 4) is 0 Å². The first-order valence-corrected chi connectivity index (χ1v) is 1.47. The minimum Gasteiger partial charge on any atom is -0.396 e. The summed E-state index contributed by atoms with van der Waals surface area (Å²) >= 11 is 0. The van der Waals surface area contributed by atoms with Gasteiger partial charge in [0.15, 0.2) is 0 Å². The molecule has 0 amide bonds. The Hall–Kier alpha value is -0.0400. The van der Waals surface area contributed by atoms with Crippen molar-refractivity contribution in [1.29, 1.82) is 0 Å². The topological polar surface area (TPSA) is 20.2 Å². The Balaban J connectivity index is 4.02. The van der Waals surface area contributed by atoms with Crippen LogP contribution in [-0.4, -0.2) is 11.7 Å². The number of rotatable bonds is 1. The molecule has 0 saturated heterocycles. The molecule has 0 aromatic carbocycles. The van der Waals surface area contributed by atoms with Crippen LogP contribution in [-0.2, 0) is 0 Å². The van der Waals surface area contributed by atoms with Gasteiger partial charge in [0.05, 0.1) is 2.74 Å². The summed E-state index contributed by atoms with van der Waals surface area (Å²) in [5.41, 5.74) is 0. The summed E-state index contributed by atoms with van der Waals surface area (Å²) in [6, 6.07) is 0. The van der Waals surface area contributed by atoms with Crippen molar-refractivity contribution < 1.29 is 9.22 Å². The zero-order chi connectivity index (χ0) is 7.00. The predicted molar refractivity (Wildman–Crippen MR) is 21.9 cm³/mol. The Morgan fingerprint density at radius 3 is 2.40 bits per heavy atom. The molecule has 0 aromatic rings. The molecule has 5 heavy (non-hydrogen) atoms. The van der Waals surface area contributed by atoms with Crippen LogP contribution in [0.1, 0.15) is 18.0 Å². The van der Waals surface area contributed by atoms with Crippen LogP contribution in [0.5, 0.6) is 0 Å². The van der Waals surface area contributed by atoms with Crippen molar-refractivity contribution in [3.05, 3.63) is 0 Å². The third kappa shape index (κ3) is 3.96. The molecule has 0 aliphatic heterocycles. The van der Waals surface area contributed by atoms with Crippen LogP contribution in [0.2, 0.25) is 0 Å². The maximum absolute atomic E-state index is 8.50. The van der Waals surface area contributed by atoms with E-state index in [-0.39, 0.29) is 0 Å². The molecule has 0 fully saturated rings. The van der Waals surface area contributed by atoms with Crippen molar-refractivity contribution in [2.75, 3.05) is 6.56 Å². The first-order valence-electron chi connectivity index (χ1n) is 2.97. The van der Waals surface area contributed by atoms with E-state index in [1.807, 2.05) is 0 Å². The molecule has 0 spiro atoms. The molecule has 0 aromatic heterocycles. The fourth-order valence-corrected chi connectivity index (χ4v) is 0. The molecule has 1 nitrogen and oxygen atoms in total. The summed E-state index contributed by atoms with van der Waals surface area (Å²) in [5.74, 6) is -1.42. The van der Waals surface area contributed by atoms with Gasteiger partial charge in [0.25, 0.3) is 0 Å². The second-order valence-corrected chi connectivity index (χ2v) is 1.11. The maximum atomic E-state index is 8.50. The second-order valence-electron chi connectivity index (χ2n) is 1.11. The van der Waals surface area contributed by atoms with Crippen LogP contribution >= 0.6 is 0 Å². The monoisotopic (exact) mass is 77.1 g/mol. The van der Waals surface area contributed by atoms with Gasteiger partial charge in [-0.1, -0.05) is 13.8 Å². The standard InChI is InChI=1S/C4H10O/c1-4(2)3-5/h4-5H,3H2,1-2H3/i3D2,4D. The Morgan fingerprint density at radius 2 is 2.40 bits per heavy atom. The lowest BCUT2D eigenvalue weighted by atomic mass is 10.2. The third-order valence-electron chi connectivity index (χ3n) is 0.224. The highest BCUT2D eigenvalue weighted by Gasteiger charge is 1.81. The van der Waals surface area contributed by atoms with E-state index < -0.39 is 12.5 Å². The molecule has 0 bridgehead atoms. The van der Waals surface area contributed by atoms with Crippen LogP contribution in [0.3, 0.4) is 0 Å². The van der Waals surface area contributed by atoms with Gasteiger partial charge in [0.2, 0.25) is 0 Å². The number of hydrogen-bond acceptors (Lipinski definition) is 1. The Bertz CT molecular complexity index is 66.3. The first-order chi connectivity index (χ1) is 3.25.